The Morgan fingerprint density at radius 1 is 0.396 bits per heavy atom. The summed E-state index contributed by atoms with van der Waals surface area (Å²) in [4.78, 5) is 0. The zero-order valence-corrected chi connectivity index (χ0v) is 26.9. The molecule has 1 heterocycles. The standard InChI is InChI=1S/C47H32O/c1-47(2)41-24-10-9-20-38(41)46-44(47)40-23-12-22-39(45(40)48-46)43-36-18-7-5-16-34(36)42(35-17-6-8-19-37(35)43)31-27-25-30(26-28-31)33-21-11-14-29-13-3-4-15-32(29)33/h3-28H,1-2H3. The van der Waals surface area contributed by atoms with Gasteiger partial charge in [-0.1, -0.05) is 172 Å². The number of benzene rings is 8. The lowest BCUT2D eigenvalue weighted by molar-refractivity contribution is 0.620. The molecule has 10 rings (SSSR count). The largest absolute Gasteiger partial charge is 0.455 e. The van der Waals surface area contributed by atoms with Gasteiger partial charge in [-0.2, -0.15) is 0 Å². The Labute approximate surface area is 279 Å². The van der Waals surface area contributed by atoms with Crippen molar-refractivity contribution in [3.05, 3.63) is 169 Å². The first kappa shape index (κ1) is 27.2. The third-order valence-electron chi connectivity index (χ3n) is 10.7. The number of para-hydroxylation sites is 1. The van der Waals surface area contributed by atoms with Crippen LogP contribution in [0.1, 0.15) is 25.0 Å². The first-order valence-corrected chi connectivity index (χ1v) is 16.8. The van der Waals surface area contributed by atoms with Crippen LogP contribution >= 0.6 is 0 Å². The molecule has 0 saturated heterocycles. The van der Waals surface area contributed by atoms with Gasteiger partial charge in [-0.25, -0.2) is 0 Å². The quantitative estimate of drug-likeness (QED) is 0.181. The van der Waals surface area contributed by atoms with Gasteiger partial charge < -0.3 is 4.42 Å². The van der Waals surface area contributed by atoms with E-state index in [1.54, 1.807) is 0 Å². The maximum Gasteiger partial charge on any atom is 0.143 e. The highest BCUT2D eigenvalue weighted by Gasteiger charge is 2.40. The molecule has 1 aliphatic rings. The second-order valence-electron chi connectivity index (χ2n) is 13.6. The van der Waals surface area contributed by atoms with E-state index in [1.807, 2.05) is 0 Å². The van der Waals surface area contributed by atoms with Crippen molar-refractivity contribution in [2.24, 2.45) is 0 Å². The molecule has 0 fully saturated rings. The molecule has 0 aliphatic heterocycles. The normalized spacial score (nSPS) is 13.4. The first-order chi connectivity index (χ1) is 23.6. The van der Waals surface area contributed by atoms with Gasteiger partial charge in [0, 0.05) is 33.1 Å². The van der Waals surface area contributed by atoms with Gasteiger partial charge in [-0.05, 0) is 60.1 Å². The molecule has 0 radical (unpaired) electrons. The van der Waals surface area contributed by atoms with Crippen LogP contribution in [0.2, 0.25) is 0 Å². The van der Waals surface area contributed by atoms with E-state index >= 15 is 0 Å². The van der Waals surface area contributed by atoms with Crippen LogP contribution in [0.3, 0.4) is 0 Å². The topological polar surface area (TPSA) is 13.1 Å². The van der Waals surface area contributed by atoms with Crippen molar-refractivity contribution >= 4 is 43.3 Å². The average molecular weight is 613 g/mol. The Morgan fingerprint density at radius 2 is 0.896 bits per heavy atom. The van der Waals surface area contributed by atoms with Gasteiger partial charge in [0.15, 0.2) is 0 Å². The van der Waals surface area contributed by atoms with Crippen LogP contribution in [0, 0.1) is 0 Å². The van der Waals surface area contributed by atoms with Crippen LogP contribution in [-0.2, 0) is 5.41 Å². The SMILES string of the molecule is CC1(C)c2ccccc2-c2oc3c(-c4c5ccccc5c(-c5ccc(-c6cccc7ccccc67)cc5)c5ccccc45)cccc3c21. The number of rotatable bonds is 3. The third-order valence-corrected chi connectivity index (χ3v) is 10.7. The molecule has 9 aromatic rings. The summed E-state index contributed by atoms with van der Waals surface area (Å²) in [5.74, 6) is 1.01. The molecule has 1 heteroatoms. The van der Waals surface area contributed by atoms with Crippen molar-refractivity contribution in [3.63, 3.8) is 0 Å². The molecule has 0 bridgehead atoms. The fourth-order valence-corrected chi connectivity index (χ4v) is 8.51. The second kappa shape index (κ2) is 10.0. The molecule has 226 valence electrons. The van der Waals surface area contributed by atoms with Gasteiger partial charge in [0.25, 0.3) is 0 Å². The third kappa shape index (κ3) is 3.73. The maximum atomic E-state index is 6.96. The number of fused-ring (bicyclic) bond motifs is 8. The molecule has 1 aliphatic carbocycles. The maximum absolute atomic E-state index is 6.96. The lowest BCUT2D eigenvalue weighted by Crippen LogP contribution is -2.14. The van der Waals surface area contributed by atoms with Crippen molar-refractivity contribution in [2.45, 2.75) is 19.3 Å². The summed E-state index contributed by atoms with van der Waals surface area (Å²) < 4.78 is 6.96. The van der Waals surface area contributed by atoms with Crippen molar-refractivity contribution in [2.75, 3.05) is 0 Å². The van der Waals surface area contributed by atoms with E-state index in [-0.39, 0.29) is 5.41 Å². The zero-order chi connectivity index (χ0) is 32.0. The van der Waals surface area contributed by atoms with Crippen LogP contribution in [0.4, 0.5) is 0 Å². The van der Waals surface area contributed by atoms with Gasteiger partial charge in [0.2, 0.25) is 0 Å². The summed E-state index contributed by atoms with van der Waals surface area (Å²) in [6.07, 6.45) is 0. The lowest BCUT2D eigenvalue weighted by atomic mass is 9.81. The Balaban J connectivity index is 1.21. The Bertz CT molecular complexity index is 2680. The van der Waals surface area contributed by atoms with Crippen LogP contribution < -0.4 is 0 Å². The minimum Gasteiger partial charge on any atom is -0.455 e. The summed E-state index contributed by atoms with van der Waals surface area (Å²) in [5.41, 5.74) is 12.0. The van der Waals surface area contributed by atoms with E-state index in [4.69, 9.17) is 4.42 Å². The molecule has 0 amide bonds. The molecule has 8 aromatic carbocycles. The van der Waals surface area contributed by atoms with Gasteiger partial charge >= 0.3 is 0 Å². The highest BCUT2D eigenvalue weighted by Crippen LogP contribution is 2.55. The van der Waals surface area contributed by atoms with E-state index < -0.39 is 0 Å². The highest BCUT2D eigenvalue weighted by molar-refractivity contribution is 6.23. The molecular formula is C47H32O. The monoisotopic (exact) mass is 612 g/mol. The van der Waals surface area contributed by atoms with Crippen LogP contribution in [0.25, 0.3) is 88.0 Å². The smallest absolute Gasteiger partial charge is 0.143 e. The average Bonchev–Trinajstić information content (AvgIpc) is 3.64. The molecule has 48 heavy (non-hydrogen) atoms. The van der Waals surface area contributed by atoms with Gasteiger partial charge in [0.05, 0.1) is 0 Å². The second-order valence-corrected chi connectivity index (χ2v) is 13.6. The molecule has 1 aromatic heterocycles. The molecule has 0 N–H and O–H groups in total. The zero-order valence-electron chi connectivity index (χ0n) is 26.9. The Morgan fingerprint density at radius 3 is 1.62 bits per heavy atom. The molecule has 0 spiro atoms. The number of furan rings is 1. The predicted octanol–water partition coefficient (Wildman–Crippen LogP) is 13.2. The highest BCUT2D eigenvalue weighted by atomic mass is 16.3. The van der Waals surface area contributed by atoms with Crippen molar-refractivity contribution < 1.29 is 4.42 Å². The van der Waals surface area contributed by atoms with Crippen LogP contribution in [0.15, 0.2) is 162 Å². The molecule has 0 atom stereocenters. The van der Waals surface area contributed by atoms with E-state index in [0.717, 1.165) is 16.9 Å². The minimum absolute atomic E-state index is 0.137. The van der Waals surface area contributed by atoms with Gasteiger partial charge in [-0.15, -0.1) is 0 Å². The number of hydrogen-bond donors (Lipinski definition) is 0. The van der Waals surface area contributed by atoms with Crippen LogP contribution in [0.5, 0.6) is 0 Å². The summed E-state index contributed by atoms with van der Waals surface area (Å²) in [5, 5.41) is 8.68. The summed E-state index contributed by atoms with van der Waals surface area (Å²) in [6, 6.07) is 57.5. The number of hydrogen-bond acceptors (Lipinski definition) is 1. The van der Waals surface area contributed by atoms with E-state index in [1.165, 1.54) is 82.2 Å². The van der Waals surface area contributed by atoms with Crippen molar-refractivity contribution in [1.82, 2.24) is 0 Å². The predicted molar refractivity (Wildman–Crippen MR) is 203 cm³/mol. The van der Waals surface area contributed by atoms with E-state index in [9.17, 15) is 0 Å². The molecule has 1 nitrogen and oxygen atoms in total. The fraction of sp³-hybridized carbons (Fsp3) is 0.0638. The van der Waals surface area contributed by atoms with E-state index in [2.05, 4.69) is 172 Å². The summed E-state index contributed by atoms with van der Waals surface area (Å²) >= 11 is 0. The fourth-order valence-electron chi connectivity index (χ4n) is 8.51. The van der Waals surface area contributed by atoms with Gasteiger partial charge in [0.1, 0.15) is 11.3 Å². The van der Waals surface area contributed by atoms with Gasteiger partial charge in [-0.3, -0.25) is 0 Å². The summed E-state index contributed by atoms with van der Waals surface area (Å²) in [7, 11) is 0. The van der Waals surface area contributed by atoms with Crippen LogP contribution in [-0.4, -0.2) is 0 Å². The van der Waals surface area contributed by atoms with Crippen molar-refractivity contribution in [1.29, 1.82) is 0 Å². The summed E-state index contributed by atoms with van der Waals surface area (Å²) in [6.45, 7) is 4.65. The molecular weight excluding hydrogens is 581 g/mol. The Kier molecular flexibility index (Phi) is 5.69. The van der Waals surface area contributed by atoms with E-state index in [0.29, 0.717) is 0 Å². The lowest BCUT2D eigenvalue weighted by Gasteiger charge is -2.21. The minimum atomic E-state index is -0.137. The molecule has 0 unspecified atom stereocenters. The Hall–Kier alpha value is -5.92. The van der Waals surface area contributed by atoms with Crippen molar-refractivity contribution in [3.8, 4) is 44.7 Å². The molecule has 0 saturated carbocycles. The first-order valence-electron chi connectivity index (χ1n) is 16.8.